The van der Waals surface area contributed by atoms with E-state index in [1.54, 1.807) is 62.3 Å². The highest BCUT2D eigenvalue weighted by Gasteiger charge is 2.45. The van der Waals surface area contributed by atoms with Crippen molar-refractivity contribution in [3.8, 4) is 0 Å². The Labute approximate surface area is 200 Å². The Bertz CT molecular complexity index is 759. The zero-order valence-electron chi connectivity index (χ0n) is 21.7. The first-order valence-corrected chi connectivity index (χ1v) is 11.0. The summed E-state index contributed by atoms with van der Waals surface area (Å²) >= 11 is 0. The Balaban J connectivity index is 5.56. The van der Waals surface area contributed by atoms with E-state index >= 15 is 0 Å². The van der Waals surface area contributed by atoms with Crippen molar-refractivity contribution < 1.29 is 48.1 Å². The van der Waals surface area contributed by atoms with Crippen molar-refractivity contribution in [1.82, 2.24) is 0 Å². The van der Waals surface area contributed by atoms with Crippen LogP contribution in [0.5, 0.6) is 0 Å². The van der Waals surface area contributed by atoms with Crippen molar-refractivity contribution >= 4 is 35.8 Å². The summed E-state index contributed by atoms with van der Waals surface area (Å²) in [6.07, 6.45) is -2.80. The van der Waals surface area contributed by atoms with Gasteiger partial charge in [-0.15, -0.1) is 0 Å². The van der Waals surface area contributed by atoms with Crippen LogP contribution in [0.1, 0.15) is 94.4 Å². The molecule has 0 rings (SSSR count). The highest BCUT2D eigenvalue weighted by Crippen LogP contribution is 2.25. The molecule has 0 aromatic heterocycles. The monoisotopic (exact) mass is 486 g/mol. The molecule has 0 aromatic rings. The fraction of sp³-hybridized carbons (Fsp3) is 0.750. The standard InChI is InChI=1S/C24H38O10/c1-21(2,3)10-15(25)32-18(28)13-24(31,20(30)34-17(27)12-23(7,8)9)14-19(29)33-16(26)11-22(4,5)6/h31H,10-14H2,1-9H3. The van der Waals surface area contributed by atoms with Crippen LogP contribution in [0.4, 0.5) is 0 Å². The summed E-state index contributed by atoms with van der Waals surface area (Å²) in [5, 5.41) is 10.8. The quantitative estimate of drug-likeness (QED) is 0.308. The Kier molecular flexibility index (Phi) is 10.8. The van der Waals surface area contributed by atoms with Crippen molar-refractivity contribution in [2.24, 2.45) is 16.2 Å². The minimum Gasteiger partial charge on any atom is -0.393 e. The summed E-state index contributed by atoms with van der Waals surface area (Å²) in [5.41, 5.74) is -4.44. The molecule has 0 saturated carbocycles. The van der Waals surface area contributed by atoms with Crippen molar-refractivity contribution in [2.75, 3.05) is 0 Å². The molecule has 0 saturated heterocycles. The average molecular weight is 487 g/mol. The molecule has 0 heterocycles. The summed E-state index contributed by atoms with van der Waals surface area (Å²) in [4.78, 5) is 73.0. The molecular weight excluding hydrogens is 448 g/mol. The molecular formula is C24H38O10. The fourth-order valence-electron chi connectivity index (χ4n) is 2.62. The lowest BCUT2D eigenvalue weighted by atomic mass is 9.92. The van der Waals surface area contributed by atoms with Crippen molar-refractivity contribution in [3.05, 3.63) is 0 Å². The Morgan fingerprint density at radius 2 is 0.706 bits per heavy atom. The highest BCUT2D eigenvalue weighted by atomic mass is 16.6. The van der Waals surface area contributed by atoms with E-state index in [-0.39, 0.29) is 19.3 Å². The van der Waals surface area contributed by atoms with Gasteiger partial charge in [-0.2, -0.15) is 0 Å². The lowest BCUT2D eigenvalue weighted by molar-refractivity contribution is -0.185. The van der Waals surface area contributed by atoms with Crippen LogP contribution < -0.4 is 0 Å². The summed E-state index contributed by atoms with van der Waals surface area (Å²) in [6.45, 7) is 15.5. The zero-order valence-corrected chi connectivity index (χ0v) is 21.7. The molecule has 0 aliphatic heterocycles. The topological polar surface area (TPSA) is 150 Å². The molecule has 0 spiro atoms. The molecule has 0 fully saturated rings. The third kappa shape index (κ3) is 14.5. The largest absolute Gasteiger partial charge is 0.393 e. The third-order valence-corrected chi connectivity index (χ3v) is 3.94. The fourth-order valence-corrected chi connectivity index (χ4v) is 2.62. The lowest BCUT2D eigenvalue weighted by Crippen LogP contribution is -2.46. The smallest absolute Gasteiger partial charge is 0.346 e. The molecule has 0 atom stereocenters. The van der Waals surface area contributed by atoms with Crippen LogP contribution in [0.25, 0.3) is 0 Å². The van der Waals surface area contributed by atoms with Crippen LogP contribution in [-0.2, 0) is 43.0 Å². The normalized spacial score (nSPS) is 12.5. The minimum absolute atomic E-state index is 0.130. The molecule has 10 nitrogen and oxygen atoms in total. The molecule has 0 bridgehead atoms. The molecule has 34 heavy (non-hydrogen) atoms. The van der Waals surface area contributed by atoms with Crippen LogP contribution in [0.3, 0.4) is 0 Å². The molecule has 194 valence electrons. The van der Waals surface area contributed by atoms with E-state index in [0.717, 1.165) is 0 Å². The second kappa shape index (κ2) is 11.7. The minimum atomic E-state index is -2.90. The zero-order chi connectivity index (χ0) is 27.1. The molecule has 0 aliphatic rings. The summed E-state index contributed by atoms with van der Waals surface area (Å²) in [6, 6.07) is 0. The van der Waals surface area contributed by atoms with Gasteiger partial charge in [0.15, 0.2) is 5.60 Å². The van der Waals surface area contributed by atoms with Gasteiger partial charge in [-0.05, 0) is 16.2 Å². The van der Waals surface area contributed by atoms with Gasteiger partial charge in [0.05, 0.1) is 32.1 Å². The Morgan fingerprint density at radius 1 is 0.471 bits per heavy atom. The molecule has 1 N–H and O–H groups in total. The third-order valence-electron chi connectivity index (χ3n) is 3.94. The van der Waals surface area contributed by atoms with E-state index in [0.29, 0.717) is 0 Å². The van der Waals surface area contributed by atoms with E-state index in [4.69, 9.17) is 0 Å². The summed E-state index contributed by atoms with van der Waals surface area (Å²) in [7, 11) is 0. The lowest BCUT2D eigenvalue weighted by Gasteiger charge is -2.25. The van der Waals surface area contributed by atoms with Gasteiger partial charge in [0.1, 0.15) is 0 Å². The number of hydrogen-bond acceptors (Lipinski definition) is 10. The molecule has 10 heteroatoms. The molecule has 0 unspecified atom stereocenters. The maximum atomic E-state index is 12.6. The number of aliphatic hydroxyl groups is 1. The number of rotatable bonds is 8. The first kappa shape index (κ1) is 31.4. The number of hydrogen-bond donors (Lipinski definition) is 1. The Morgan fingerprint density at radius 3 is 0.971 bits per heavy atom. The first-order chi connectivity index (χ1) is 15.0. The number of carbonyl (C=O) groups is 6. The van der Waals surface area contributed by atoms with E-state index in [2.05, 4.69) is 14.2 Å². The molecule has 0 radical (unpaired) electrons. The predicted molar refractivity (Wildman–Crippen MR) is 120 cm³/mol. The molecule has 0 amide bonds. The van der Waals surface area contributed by atoms with Crippen molar-refractivity contribution in [2.45, 2.75) is 100 Å². The van der Waals surface area contributed by atoms with E-state index in [1.165, 1.54) is 0 Å². The maximum Gasteiger partial charge on any atom is 0.346 e. The van der Waals surface area contributed by atoms with Gasteiger partial charge in [-0.3, -0.25) is 24.0 Å². The number of ether oxygens (including phenoxy) is 3. The van der Waals surface area contributed by atoms with Gasteiger partial charge in [-0.25, -0.2) is 4.79 Å². The highest BCUT2D eigenvalue weighted by molar-refractivity contribution is 5.98. The van der Waals surface area contributed by atoms with Crippen LogP contribution in [-0.4, -0.2) is 46.5 Å². The first-order valence-electron chi connectivity index (χ1n) is 11.0. The number of carbonyl (C=O) groups excluding carboxylic acids is 6. The molecule has 0 aliphatic carbocycles. The van der Waals surface area contributed by atoms with Crippen molar-refractivity contribution in [3.63, 3.8) is 0 Å². The van der Waals surface area contributed by atoms with Gasteiger partial charge in [0, 0.05) is 0 Å². The second-order valence-electron chi connectivity index (χ2n) is 12.1. The van der Waals surface area contributed by atoms with Crippen molar-refractivity contribution in [1.29, 1.82) is 0 Å². The van der Waals surface area contributed by atoms with Crippen LogP contribution in [0.2, 0.25) is 0 Å². The summed E-state index contributed by atoms with van der Waals surface area (Å²) < 4.78 is 13.9. The van der Waals surface area contributed by atoms with Gasteiger partial charge in [0.25, 0.3) is 0 Å². The SMILES string of the molecule is CC(C)(C)CC(=O)OC(=O)CC(O)(CC(=O)OC(=O)CC(C)(C)C)C(=O)OC(=O)CC(C)(C)C. The van der Waals surface area contributed by atoms with E-state index < -0.39 is 70.5 Å². The van der Waals surface area contributed by atoms with Crippen LogP contribution in [0, 0.1) is 16.2 Å². The second-order valence-corrected chi connectivity index (χ2v) is 12.1. The van der Waals surface area contributed by atoms with Gasteiger partial charge < -0.3 is 19.3 Å². The van der Waals surface area contributed by atoms with Gasteiger partial charge in [-0.1, -0.05) is 62.3 Å². The van der Waals surface area contributed by atoms with Crippen LogP contribution in [0.15, 0.2) is 0 Å². The van der Waals surface area contributed by atoms with Gasteiger partial charge in [0.2, 0.25) is 0 Å². The molecule has 0 aromatic carbocycles. The van der Waals surface area contributed by atoms with Gasteiger partial charge >= 0.3 is 35.8 Å². The maximum absolute atomic E-state index is 12.6. The Hall–Kier alpha value is -2.62. The predicted octanol–water partition coefficient (Wildman–Crippen LogP) is 3.02. The number of esters is 6. The summed E-state index contributed by atoms with van der Waals surface area (Å²) in [5.74, 6) is -7.02. The van der Waals surface area contributed by atoms with Crippen LogP contribution >= 0.6 is 0 Å². The van der Waals surface area contributed by atoms with E-state index in [1.807, 2.05) is 0 Å². The average Bonchev–Trinajstić information content (AvgIpc) is 2.47. The van der Waals surface area contributed by atoms with E-state index in [9.17, 15) is 33.9 Å².